The largest absolute Gasteiger partial charge is 0.455 e. The number of carbonyl (C=O) groups excluding carboxylic acids is 2. The van der Waals surface area contributed by atoms with E-state index < -0.39 is 6.09 Å². The van der Waals surface area contributed by atoms with Crippen LogP contribution in [0.5, 0.6) is 11.5 Å². The van der Waals surface area contributed by atoms with E-state index in [1.807, 2.05) is 18.2 Å². The van der Waals surface area contributed by atoms with Gasteiger partial charge in [-0.2, -0.15) is 0 Å². The number of amides is 2. The van der Waals surface area contributed by atoms with Crippen molar-refractivity contribution in [1.29, 1.82) is 0 Å². The van der Waals surface area contributed by atoms with Gasteiger partial charge in [-0.3, -0.25) is 4.79 Å². The summed E-state index contributed by atoms with van der Waals surface area (Å²) >= 11 is 0. The molecule has 5 heterocycles. The Kier molecular flexibility index (Phi) is 9.73. The number of carbonyl (C=O) groups is 2. The number of rotatable bonds is 11. The lowest BCUT2D eigenvalue weighted by Crippen LogP contribution is -2.45. The lowest BCUT2D eigenvalue weighted by Gasteiger charge is -2.39. The molecule has 0 unspecified atom stereocenters. The van der Waals surface area contributed by atoms with Gasteiger partial charge >= 0.3 is 6.09 Å². The monoisotopic (exact) mass is 691 g/mol. The second kappa shape index (κ2) is 14.7. The zero-order valence-corrected chi connectivity index (χ0v) is 30.0. The molecule has 0 aliphatic carbocycles. The van der Waals surface area contributed by atoms with Crippen LogP contribution in [0, 0.1) is 0 Å². The molecule has 0 spiro atoms. The quantitative estimate of drug-likeness (QED) is 0.178. The zero-order chi connectivity index (χ0) is 34.9. The van der Waals surface area contributed by atoms with Crippen LogP contribution < -0.4 is 30.1 Å². The van der Waals surface area contributed by atoms with Gasteiger partial charge < -0.3 is 29.7 Å². The van der Waals surface area contributed by atoms with Crippen LogP contribution in [0.1, 0.15) is 95.1 Å². The zero-order valence-electron chi connectivity index (χ0n) is 30.0. The summed E-state index contributed by atoms with van der Waals surface area (Å²) in [6.45, 7) is 5.51. The maximum Gasteiger partial charge on any atom is 0.407 e. The molecule has 5 aliphatic rings. The van der Waals surface area contributed by atoms with Crippen molar-refractivity contribution >= 4 is 23.3 Å². The number of unbranched alkanes of at least 4 members (excludes halogenated alkanes) is 3. The third-order valence-electron chi connectivity index (χ3n) is 11.5. The number of alkyl carbamates (subject to hydrolysis) is 1. The first-order valence-electron chi connectivity index (χ1n) is 19.3. The van der Waals surface area contributed by atoms with Gasteiger partial charge in [0.05, 0.1) is 12.1 Å². The molecule has 2 N–H and O–H groups in total. The van der Waals surface area contributed by atoms with Crippen LogP contribution in [0.25, 0.3) is 5.57 Å². The lowest BCUT2D eigenvalue weighted by atomic mass is 9.81. The van der Waals surface area contributed by atoms with Crippen LogP contribution >= 0.6 is 0 Å². The molecule has 0 saturated carbocycles. The van der Waals surface area contributed by atoms with E-state index in [2.05, 4.69) is 33.0 Å². The minimum Gasteiger partial charge on any atom is -0.455 e. The number of aryl methyl sites for hydroxylation is 2. The fraction of sp³-hybridized carbons (Fsp3) is 0.500. The Morgan fingerprint density at radius 1 is 0.902 bits per heavy atom. The predicted molar refractivity (Wildman–Crippen MR) is 199 cm³/mol. The van der Waals surface area contributed by atoms with E-state index >= 15 is 0 Å². The van der Waals surface area contributed by atoms with Crippen molar-refractivity contribution in [3.63, 3.8) is 0 Å². The van der Waals surface area contributed by atoms with Crippen LogP contribution in [-0.2, 0) is 30.4 Å². The van der Waals surface area contributed by atoms with Crippen LogP contribution in [0.2, 0.25) is 0 Å². The summed E-state index contributed by atoms with van der Waals surface area (Å²) < 4.78 is 15.2. The molecule has 0 bridgehead atoms. The maximum absolute atomic E-state index is 14.3. The third-order valence-corrected chi connectivity index (χ3v) is 11.5. The molecule has 51 heavy (non-hydrogen) atoms. The molecule has 0 fully saturated rings. The molecule has 0 aromatic heterocycles. The number of fused-ring (bicyclic) bond motifs is 4. The Morgan fingerprint density at radius 3 is 2.53 bits per heavy atom. The van der Waals surface area contributed by atoms with Crippen molar-refractivity contribution in [3.05, 3.63) is 85.9 Å². The first kappa shape index (κ1) is 33.8. The number of likely N-dealkylation sites (N-methyl/N-ethyl adjacent to an activating group) is 1. The molecule has 0 atom stereocenters. The molecule has 9 heteroatoms. The average Bonchev–Trinajstić information content (AvgIpc) is 3.16. The molecular formula is C42H51N4O5+. The van der Waals surface area contributed by atoms with Gasteiger partial charge in [0.1, 0.15) is 31.2 Å². The number of aliphatic hydroxyl groups excluding tert-OH is 1. The molecule has 3 aromatic rings. The molecule has 8 rings (SSSR count). The van der Waals surface area contributed by atoms with Crippen molar-refractivity contribution in [2.75, 3.05) is 64.4 Å². The van der Waals surface area contributed by atoms with Gasteiger partial charge in [-0.05, 0) is 80.7 Å². The van der Waals surface area contributed by atoms with Gasteiger partial charge in [-0.25, -0.2) is 9.37 Å². The van der Waals surface area contributed by atoms with Crippen molar-refractivity contribution in [3.8, 4) is 11.5 Å². The SMILES string of the molecule is CN(CCOC(=O)NCCCCCCO)C(=O)c1ccccc1C1=c2cc3c4c(c2Oc2c1cc1c5c2CCCN5CCC1)CCC[N+]=4CCC3. The smallest absolute Gasteiger partial charge is 0.407 e. The summed E-state index contributed by atoms with van der Waals surface area (Å²) in [6.07, 6.45) is 11.7. The molecule has 268 valence electrons. The standard InChI is InChI=1S/C42H50N4O5/c1-44(23-25-50-42(49)43-18-6-2-3-7-24-47)41(48)31-15-5-4-14-30(31)36-34-26-28-12-8-19-45-21-10-16-32(37(28)45)39(34)51-40-33-17-11-22-46-20-9-13-29(38(33)46)27-35(36)40/h4-5,14-15,26-27,47H,2-3,6-13,16-25H2,1H3/p+1. The Balaban J connectivity index is 1.16. The highest BCUT2D eigenvalue weighted by molar-refractivity contribution is 6.02. The van der Waals surface area contributed by atoms with Gasteiger partial charge in [0.2, 0.25) is 5.36 Å². The third kappa shape index (κ3) is 6.39. The first-order valence-corrected chi connectivity index (χ1v) is 19.3. The van der Waals surface area contributed by atoms with E-state index in [1.54, 1.807) is 11.9 Å². The minimum absolute atomic E-state index is 0.100. The number of ether oxygens (including phenoxy) is 2. The van der Waals surface area contributed by atoms with E-state index in [1.165, 1.54) is 33.3 Å². The second-order valence-electron chi connectivity index (χ2n) is 14.8. The topological polar surface area (TPSA) is 94.4 Å². The van der Waals surface area contributed by atoms with Gasteiger partial charge in [-0.15, -0.1) is 0 Å². The van der Waals surface area contributed by atoms with Crippen LogP contribution in [0.15, 0.2) is 36.4 Å². The number of hydrogen-bond donors (Lipinski definition) is 2. The number of nitrogens with zero attached hydrogens (tertiary/aromatic N) is 3. The average molecular weight is 692 g/mol. The number of hydrogen-bond acceptors (Lipinski definition) is 6. The summed E-state index contributed by atoms with van der Waals surface area (Å²) in [6, 6.07) is 12.8. The van der Waals surface area contributed by atoms with Crippen LogP contribution in [0.3, 0.4) is 0 Å². The fourth-order valence-electron chi connectivity index (χ4n) is 9.11. The Morgan fingerprint density at radius 2 is 1.67 bits per heavy atom. The van der Waals surface area contributed by atoms with Crippen LogP contribution in [0.4, 0.5) is 10.5 Å². The molecule has 2 amide bonds. The predicted octanol–water partition coefficient (Wildman–Crippen LogP) is 4.47. The van der Waals surface area contributed by atoms with Gasteiger partial charge in [-0.1, -0.05) is 31.0 Å². The number of benzene rings is 3. The number of anilines is 1. The number of aliphatic hydroxyl groups is 1. The van der Waals surface area contributed by atoms with E-state index in [9.17, 15) is 9.59 Å². The molecule has 5 aliphatic heterocycles. The van der Waals surface area contributed by atoms with Crippen molar-refractivity contribution < 1.29 is 24.2 Å². The van der Waals surface area contributed by atoms with Crippen molar-refractivity contribution in [1.82, 2.24) is 14.8 Å². The van der Waals surface area contributed by atoms with Gasteiger partial charge in [0.15, 0.2) is 0 Å². The fourth-order valence-corrected chi connectivity index (χ4v) is 9.11. The maximum atomic E-state index is 14.3. The molecule has 9 nitrogen and oxygen atoms in total. The highest BCUT2D eigenvalue weighted by Crippen LogP contribution is 2.48. The summed E-state index contributed by atoms with van der Waals surface area (Å²) in [5, 5.41) is 14.2. The second-order valence-corrected chi connectivity index (χ2v) is 14.8. The lowest BCUT2D eigenvalue weighted by molar-refractivity contribution is 0.0744. The summed E-state index contributed by atoms with van der Waals surface area (Å²) in [7, 11) is 1.78. The molecule has 3 aromatic carbocycles. The summed E-state index contributed by atoms with van der Waals surface area (Å²) in [5.41, 5.74) is 10.6. The minimum atomic E-state index is -0.471. The van der Waals surface area contributed by atoms with Gasteiger partial charge in [0, 0.05) is 84.9 Å². The normalized spacial score (nSPS) is 16.7. The van der Waals surface area contributed by atoms with E-state index in [4.69, 9.17) is 14.6 Å². The van der Waals surface area contributed by atoms with Crippen LogP contribution in [-0.4, -0.2) is 81.5 Å². The van der Waals surface area contributed by atoms with Crippen molar-refractivity contribution in [2.24, 2.45) is 0 Å². The molecule has 0 saturated heterocycles. The summed E-state index contributed by atoms with van der Waals surface area (Å²) in [5.74, 6) is 1.86. The summed E-state index contributed by atoms with van der Waals surface area (Å²) in [4.78, 5) is 30.9. The Bertz CT molecular complexity index is 1980. The Hall–Kier alpha value is -4.37. The van der Waals surface area contributed by atoms with Crippen molar-refractivity contribution in [2.45, 2.75) is 77.0 Å². The highest BCUT2D eigenvalue weighted by Gasteiger charge is 2.36. The highest BCUT2D eigenvalue weighted by atomic mass is 16.5. The molecule has 0 radical (unpaired) electrons. The number of nitrogens with one attached hydrogen (secondary N) is 1. The first-order chi connectivity index (χ1) is 25.0. The van der Waals surface area contributed by atoms with E-state index in [0.717, 1.165) is 137 Å². The molecular weight excluding hydrogens is 640 g/mol. The van der Waals surface area contributed by atoms with E-state index in [0.29, 0.717) is 12.1 Å². The Labute approximate surface area is 300 Å². The van der Waals surface area contributed by atoms with Gasteiger partial charge in [0.25, 0.3) is 5.91 Å². The van der Waals surface area contributed by atoms with E-state index in [-0.39, 0.29) is 25.7 Å².